The van der Waals surface area contributed by atoms with Crippen molar-refractivity contribution in [2.45, 2.75) is 37.5 Å². The molecule has 2 N–H and O–H groups in total. The van der Waals surface area contributed by atoms with E-state index in [4.69, 9.17) is 0 Å². The van der Waals surface area contributed by atoms with E-state index < -0.39 is 0 Å². The van der Waals surface area contributed by atoms with Gasteiger partial charge in [-0.25, -0.2) is 0 Å². The van der Waals surface area contributed by atoms with Crippen LogP contribution in [0, 0.1) is 18.3 Å². The fourth-order valence-electron chi connectivity index (χ4n) is 3.66. The summed E-state index contributed by atoms with van der Waals surface area (Å²) in [5.74, 6) is -0.0854. The highest BCUT2D eigenvalue weighted by atomic mass is 32.2. The van der Waals surface area contributed by atoms with E-state index in [1.807, 2.05) is 43.3 Å². The third-order valence-electron chi connectivity index (χ3n) is 5.31. The van der Waals surface area contributed by atoms with Gasteiger partial charge in [-0.15, -0.1) is 23.1 Å². The van der Waals surface area contributed by atoms with Crippen molar-refractivity contribution in [3.8, 4) is 6.07 Å². The number of nitrogens with one attached hydrogen (secondary N) is 2. The molecule has 0 unspecified atom stereocenters. The summed E-state index contributed by atoms with van der Waals surface area (Å²) in [5, 5.41) is 16.0. The number of nitriles is 1. The fraction of sp³-hybridized carbons (Fsp3) is 0.240. The summed E-state index contributed by atoms with van der Waals surface area (Å²) in [7, 11) is 0. The molecule has 0 saturated carbocycles. The first kappa shape index (κ1) is 22.1. The first-order valence-corrected chi connectivity index (χ1v) is 12.3. The van der Waals surface area contributed by atoms with Gasteiger partial charge in [0.15, 0.2) is 0 Å². The number of anilines is 2. The number of thioether (sulfide) groups is 1. The molecule has 0 spiro atoms. The average Bonchev–Trinajstić information content (AvgIpc) is 3.15. The molecule has 1 aliphatic rings. The summed E-state index contributed by atoms with van der Waals surface area (Å²) >= 11 is 2.93. The molecule has 2 aromatic carbocycles. The van der Waals surface area contributed by atoms with Crippen LogP contribution in [0.15, 0.2) is 53.4 Å². The van der Waals surface area contributed by atoms with Crippen molar-refractivity contribution in [2.24, 2.45) is 0 Å². The molecular formula is C25H23N3O2S2. The number of aryl methyl sites for hydroxylation is 2. The zero-order valence-corrected chi connectivity index (χ0v) is 19.4. The van der Waals surface area contributed by atoms with Crippen LogP contribution in [0.2, 0.25) is 0 Å². The molecular weight excluding hydrogens is 438 g/mol. The van der Waals surface area contributed by atoms with Gasteiger partial charge in [-0.05, 0) is 68.5 Å². The topological polar surface area (TPSA) is 82.0 Å². The van der Waals surface area contributed by atoms with Crippen LogP contribution in [-0.2, 0) is 17.6 Å². The van der Waals surface area contributed by atoms with Crippen LogP contribution in [0.25, 0.3) is 0 Å². The highest BCUT2D eigenvalue weighted by molar-refractivity contribution is 8.00. The van der Waals surface area contributed by atoms with E-state index in [-0.39, 0.29) is 17.6 Å². The van der Waals surface area contributed by atoms with Crippen LogP contribution in [0.3, 0.4) is 0 Å². The van der Waals surface area contributed by atoms with E-state index >= 15 is 0 Å². The molecule has 7 heteroatoms. The van der Waals surface area contributed by atoms with Crippen LogP contribution in [0.1, 0.15) is 44.8 Å². The standard InChI is InChI=1S/C25H23N3O2S2/c1-16-9-11-17(12-10-16)24(30)27-18-5-4-6-19(13-18)31-15-23(29)28-25-21(14-26)20-7-2-3-8-22(20)32-25/h4-6,9-13H,2-3,7-8,15H2,1H3,(H,27,30)(H,28,29). The minimum Gasteiger partial charge on any atom is -0.322 e. The first-order chi connectivity index (χ1) is 15.5. The lowest BCUT2D eigenvalue weighted by Crippen LogP contribution is -2.14. The van der Waals surface area contributed by atoms with Gasteiger partial charge < -0.3 is 10.6 Å². The summed E-state index contributed by atoms with van der Waals surface area (Å²) in [6.45, 7) is 1.98. The predicted octanol–water partition coefficient (Wildman–Crippen LogP) is 5.79. The Hall–Kier alpha value is -3.08. The number of carbonyl (C=O) groups excluding carboxylic acids is 2. The van der Waals surface area contributed by atoms with Gasteiger partial charge in [0.25, 0.3) is 5.91 Å². The number of hydrogen-bond donors (Lipinski definition) is 2. The van der Waals surface area contributed by atoms with E-state index in [1.54, 1.807) is 12.1 Å². The monoisotopic (exact) mass is 461 g/mol. The number of thiophene rings is 1. The second-order valence-corrected chi connectivity index (χ2v) is 9.87. The molecule has 0 bridgehead atoms. The zero-order chi connectivity index (χ0) is 22.5. The average molecular weight is 462 g/mol. The Morgan fingerprint density at radius 2 is 1.88 bits per heavy atom. The summed E-state index contributed by atoms with van der Waals surface area (Å²) in [6, 6.07) is 17.1. The second kappa shape index (κ2) is 10.0. The Bertz CT molecular complexity index is 1190. The molecule has 0 fully saturated rings. The molecule has 0 aliphatic heterocycles. The first-order valence-electron chi connectivity index (χ1n) is 10.5. The third-order valence-corrected chi connectivity index (χ3v) is 7.51. The van der Waals surface area contributed by atoms with E-state index in [0.717, 1.165) is 41.7 Å². The lowest BCUT2D eigenvalue weighted by molar-refractivity contribution is -0.113. The molecule has 0 radical (unpaired) electrons. The quantitative estimate of drug-likeness (QED) is 0.455. The molecule has 0 atom stereocenters. The Morgan fingerprint density at radius 3 is 2.66 bits per heavy atom. The molecule has 3 aromatic rings. The maximum atomic E-state index is 12.5. The summed E-state index contributed by atoms with van der Waals surface area (Å²) in [5.41, 5.74) is 4.12. The number of amides is 2. The van der Waals surface area contributed by atoms with Crippen molar-refractivity contribution >= 4 is 45.6 Å². The van der Waals surface area contributed by atoms with Crippen molar-refractivity contribution in [3.63, 3.8) is 0 Å². The van der Waals surface area contributed by atoms with Crippen molar-refractivity contribution in [2.75, 3.05) is 16.4 Å². The Morgan fingerprint density at radius 1 is 1.09 bits per heavy atom. The normalized spacial score (nSPS) is 12.5. The molecule has 162 valence electrons. The lowest BCUT2D eigenvalue weighted by atomic mass is 9.96. The van der Waals surface area contributed by atoms with Crippen molar-refractivity contribution < 1.29 is 9.59 Å². The maximum Gasteiger partial charge on any atom is 0.255 e. The van der Waals surface area contributed by atoms with Gasteiger partial charge >= 0.3 is 0 Å². The Kier molecular flexibility index (Phi) is 6.93. The largest absolute Gasteiger partial charge is 0.322 e. The van der Waals surface area contributed by atoms with Gasteiger partial charge in [-0.3, -0.25) is 9.59 Å². The molecule has 32 heavy (non-hydrogen) atoms. The van der Waals surface area contributed by atoms with E-state index in [9.17, 15) is 14.9 Å². The van der Waals surface area contributed by atoms with Gasteiger partial charge in [-0.1, -0.05) is 23.8 Å². The number of hydrogen-bond acceptors (Lipinski definition) is 5. The summed E-state index contributed by atoms with van der Waals surface area (Å²) < 4.78 is 0. The number of fused-ring (bicyclic) bond motifs is 1. The molecule has 5 nitrogen and oxygen atoms in total. The molecule has 2 amide bonds. The second-order valence-electron chi connectivity index (χ2n) is 7.71. The Labute approximate surface area is 195 Å². The van der Waals surface area contributed by atoms with E-state index in [1.165, 1.54) is 28.0 Å². The maximum absolute atomic E-state index is 12.5. The minimum atomic E-state index is -0.171. The molecule has 1 aromatic heterocycles. The zero-order valence-electron chi connectivity index (χ0n) is 17.7. The van der Waals surface area contributed by atoms with Gasteiger partial charge in [0.05, 0.1) is 11.3 Å². The summed E-state index contributed by atoms with van der Waals surface area (Å²) in [4.78, 5) is 27.1. The van der Waals surface area contributed by atoms with Crippen molar-refractivity contribution in [1.82, 2.24) is 0 Å². The Balaban J connectivity index is 1.36. The smallest absolute Gasteiger partial charge is 0.255 e. The van der Waals surface area contributed by atoms with Gasteiger partial charge in [-0.2, -0.15) is 5.26 Å². The van der Waals surface area contributed by atoms with Crippen LogP contribution >= 0.6 is 23.1 Å². The minimum absolute atomic E-state index is 0.140. The molecule has 0 saturated heterocycles. The lowest BCUT2D eigenvalue weighted by Gasteiger charge is -2.09. The SMILES string of the molecule is Cc1ccc(C(=O)Nc2cccc(SCC(=O)Nc3sc4c(c3C#N)CCCC4)c2)cc1. The van der Waals surface area contributed by atoms with Crippen LogP contribution < -0.4 is 10.6 Å². The van der Waals surface area contributed by atoms with Crippen molar-refractivity contribution in [3.05, 3.63) is 75.7 Å². The number of benzene rings is 2. The van der Waals surface area contributed by atoms with Crippen LogP contribution in [-0.4, -0.2) is 17.6 Å². The van der Waals surface area contributed by atoms with E-state index in [2.05, 4.69) is 16.7 Å². The molecule has 1 aliphatic carbocycles. The summed E-state index contributed by atoms with van der Waals surface area (Å²) in [6.07, 6.45) is 4.14. The van der Waals surface area contributed by atoms with Gasteiger partial charge in [0.1, 0.15) is 11.1 Å². The van der Waals surface area contributed by atoms with Crippen LogP contribution in [0.5, 0.6) is 0 Å². The number of rotatable bonds is 6. The van der Waals surface area contributed by atoms with Gasteiger partial charge in [0.2, 0.25) is 5.91 Å². The van der Waals surface area contributed by atoms with Crippen molar-refractivity contribution in [1.29, 1.82) is 5.26 Å². The third kappa shape index (κ3) is 5.21. The van der Waals surface area contributed by atoms with E-state index in [0.29, 0.717) is 21.8 Å². The number of carbonyl (C=O) groups is 2. The highest BCUT2D eigenvalue weighted by Crippen LogP contribution is 2.37. The van der Waals surface area contributed by atoms with Crippen LogP contribution in [0.4, 0.5) is 10.7 Å². The molecule has 4 rings (SSSR count). The fourth-order valence-corrected chi connectivity index (χ4v) is 5.67. The molecule has 1 heterocycles. The highest BCUT2D eigenvalue weighted by Gasteiger charge is 2.21. The van der Waals surface area contributed by atoms with Gasteiger partial charge in [0, 0.05) is 21.0 Å². The predicted molar refractivity (Wildman–Crippen MR) is 131 cm³/mol. The number of nitrogens with zero attached hydrogens (tertiary/aromatic N) is 1.